The Morgan fingerprint density at radius 1 is 1.43 bits per heavy atom. The lowest BCUT2D eigenvalue weighted by atomic mass is 9.70. The molecule has 2 rings (SSSR count). The number of carbonyl (C=O) groups excluding carboxylic acids is 1. The van der Waals surface area contributed by atoms with Gasteiger partial charge in [-0.05, 0) is 32.2 Å². The Kier molecular flexibility index (Phi) is 6.83. The van der Waals surface area contributed by atoms with Gasteiger partial charge in [-0.25, -0.2) is 0 Å². The van der Waals surface area contributed by atoms with E-state index in [9.17, 15) is 9.90 Å². The molecule has 2 heterocycles. The lowest BCUT2D eigenvalue weighted by Gasteiger charge is -2.48. The zero-order valence-corrected chi connectivity index (χ0v) is 14.8. The average Bonchev–Trinajstić information content (AvgIpc) is 2.56. The van der Waals surface area contributed by atoms with Crippen LogP contribution in [0.2, 0.25) is 0 Å². The van der Waals surface area contributed by atoms with Crippen molar-refractivity contribution in [2.24, 2.45) is 11.8 Å². The van der Waals surface area contributed by atoms with E-state index in [2.05, 4.69) is 6.92 Å². The molecule has 2 fully saturated rings. The fourth-order valence-corrected chi connectivity index (χ4v) is 3.83. The minimum absolute atomic E-state index is 0.104. The average molecular weight is 328 g/mol. The van der Waals surface area contributed by atoms with E-state index in [1.165, 1.54) is 0 Å². The highest BCUT2D eigenvalue weighted by atomic mass is 16.5. The highest BCUT2D eigenvalue weighted by Crippen LogP contribution is 2.39. The zero-order chi connectivity index (χ0) is 16.9. The first-order chi connectivity index (χ1) is 11.0. The van der Waals surface area contributed by atoms with Gasteiger partial charge in [0.1, 0.15) is 0 Å². The third kappa shape index (κ3) is 4.66. The summed E-state index contributed by atoms with van der Waals surface area (Å²) in [5.74, 6) is 0.546. The van der Waals surface area contributed by atoms with Gasteiger partial charge in [0.2, 0.25) is 5.91 Å². The summed E-state index contributed by atoms with van der Waals surface area (Å²) in [6, 6.07) is 0. The van der Waals surface area contributed by atoms with Crippen LogP contribution in [-0.4, -0.2) is 86.6 Å². The topological polar surface area (TPSA) is 62.2 Å². The van der Waals surface area contributed by atoms with Gasteiger partial charge in [-0.1, -0.05) is 6.92 Å². The monoisotopic (exact) mass is 328 g/mol. The molecule has 2 aliphatic heterocycles. The van der Waals surface area contributed by atoms with Crippen molar-refractivity contribution in [3.05, 3.63) is 0 Å². The first-order valence-electron chi connectivity index (χ1n) is 8.72. The molecule has 0 bridgehead atoms. The number of hydrogen-bond acceptors (Lipinski definition) is 5. The number of likely N-dealkylation sites (N-methyl/N-ethyl adjacent to an activating group) is 1. The minimum Gasteiger partial charge on any atom is -0.389 e. The van der Waals surface area contributed by atoms with Crippen LogP contribution in [0.1, 0.15) is 26.2 Å². The summed E-state index contributed by atoms with van der Waals surface area (Å²) < 4.78 is 10.5. The fraction of sp³-hybridized carbons (Fsp3) is 0.941. The van der Waals surface area contributed by atoms with E-state index in [0.717, 1.165) is 32.6 Å². The molecule has 0 radical (unpaired) electrons. The number of rotatable bonds is 6. The van der Waals surface area contributed by atoms with Crippen molar-refractivity contribution in [2.45, 2.75) is 31.8 Å². The smallest absolute Gasteiger partial charge is 0.236 e. The summed E-state index contributed by atoms with van der Waals surface area (Å²) in [6.07, 6.45) is 2.52. The number of likely N-dealkylation sites (tertiary alicyclic amines) is 1. The van der Waals surface area contributed by atoms with Gasteiger partial charge in [-0.15, -0.1) is 0 Å². The second-order valence-corrected chi connectivity index (χ2v) is 7.10. The third-order valence-corrected chi connectivity index (χ3v) is 5.49. The maximum absolute atomic E-state index is 12.4. The molecule has 0 aromatic rings. The van der Waals surface area contributed by atoms with Gasteiger partial charge in [0, 0.05) is 45.9 Å². The second-order valence-electron chi connectivity index (χ2n) is 7.10. The van der Waals surface area contributed by atoms with E-state index in [1.807, 2.05) is 16.8 Å². The molecule has 0 aliphatic carbocycles. The van der Waals surface area contributed by atoms with Crippen LogP contribution in [0, 0.1) is 11.8 Å². The lowest BCUT2D eigenvalue weighted by Crippen LogP contribution is -2.57. The van der Waals surface area contributed by atoms with Crippen LogP contribution in [0.15, 0.2) is 0 Å². The van der Waals surface area contributed by atoms with E-state index in [1.54, 1.807) is 7.11 Å². The zero-order valence-electron chi connectivity index (χ0n) is 14.8. The van der Waals surface area contributed by atoms with Gasteiger partial charge < -0.3 is 19.5 Å². The maximum Gasteiger partial charge on any atom is 0.236 e. The molecule has 0 aromatic heterocycles. The van der Waals surface area contributed by atoms with Crippen LogP contribution in [0.5, 0.6) is 0 Å². The summed E-state index contributed by atoms with van der Waals surface area (Å²) >= 11 is 0. The number of nitrogens with zero attached hydrogens (tertiary/aromatic N) is 2. The number of methoxy groups -OCH3 is 1. The Morgan fingerprint density at radius 3 is 2.74 bits per heavy atom. The summed E-state index contributed by atoms with van der Waals surface area (Å²) in [7, 11) is 3.60. The first-order valence-corrected chi connectivity index (χ1v) is 8.72. The molecular formula is C17H32N2O4. The van der Waals surface area contributed by atoms with Gasteiger partial charge in [0.25, 0.3) is 0 Å². The summed E-state index contributed by atoms with van der Waals surface area (Å²) in [4.78, 5) is 16.3. The van der Waals surface area contributed by atoms with Crippen LogP contribution in [-0.2, 0) is 14.3 Å². The molecule has 134 valence electrons. The van der Waals surface area contributed by atoms with Gasteiger partial charge >= 0.3 is 0 Å². The Balaban J connectivity index is 1.86. The van der Waals surface area contributed by atoms with Crippen molar-refractivity contribution < 1.29 is 19.4 Å². The predicted octanol–water partition coefficient (Wildman–Crippen LogP) is 0.591. The van der Waals surface area contributed by atoms with Gasteiger partial charge in [0.15, 0.2) is 0 Å². The molecule has 1 amide bonds. The van der Waals surface area contributed by atoms with Crippen LogP contribution >= 0.6 is 0 Å². The van der Waals surface area contributed by atoms with Crippen molar-refractivity contribution in [1.82, 2.24) is 9.80 Å². The molecule has 23 heavy (non-hydrogen) atoms. The Labute approximate surface area is 139 Å². The Morgan fingerprint density at radius 2 is 2.13 bits per heavy atom. The highest BCUT2D eigenvalue weighted by Gasteiger charge is 2.45. The minimum atomic E-state index is -0.650. The normalized spacial score (nSPS) is 30.0. The Bertz CT molecular complexity index is 387. The molecule has 6 heteroatoms. The number of carbonyl (C=O) groups is 1. The number of ether oxygens (including phenoxy) is 2. The molecule has 2 atom stereocenters. The van der Waals surface area contributed by atoms with Crippen molar-refractivity contribution in [3.63, 3.8) is 0 Å². The quantitative estimate of drug-likeness (QED) is 0.773. The molecule has 0 aromatic carbocycles. The molecule has 0 spiro atoms. The van der Waals surface area contributed by atoms with Crippen LogP contribution in [0.3, 0.4) is 0 Å². The summed E-state index contributed by atoms with van der Waals surface area (Å²) in [5, 5.41) is 11.1. The fourth-order valence-electron chi connectivity index (χ4n) is 3.83. The molecule has 2 aliphatic rings. The van der Waals surface area contributed by atoms with Crippen LogP contribution < -0.4 is 0 Å². The molecule has 0 saturated carbocycles. The summed E-state index contributed by atoms with van der Waals surface area (Å²) in [5.41, 5.74) is -0.650. The first kappa shape index (κ1) is 18.6. The van der Waals surface area contributed by atoms with E-state index in [4.69, 9.17) is 9.47 Å². The number of aliphatic hydroxyl groups is 1. The predicted molar refractivity (Wildman–Crippen MR) is 88.2 cm³/mol. The van der Waals surface area contributed by atoms with Crippen LogP contribution in [0.25, 0.3) is 0 Å². The number of hydrogen-bond donors (Lipinski definition) is 1. The largest absolute Gasteiger partial charge is 0.389 e. The third-order valence-electron chi connectivity index (χ3n) is 5.49. The van der Waals surface area contributed by atoms with Crippen molar-refractivity contribution in [3.8, 4) is 0 Å². The SMILES string of the molecule is COCCN(C)CC(=O)N1CC[C@@](O)(C2CCOCC2)[C@H](C)C1. The molecular weight excluding hydrogens is 296 g/mol. The van der Waals surface area contributed by atoms with E-state index in [0.29, 0.717) is 38.6 Å². The Hall–Kier alpha value is -0.690. The molecule has 1 N–H and O–H groups in total. The van der Waals surface area contributed by atoms with Crippen molar-refractivity contribution in [1.29, 1.82) is 0 Å². The van der Waals surface area contributed by atoms with E-state index in [-0.39, 0.29) is 11.8 Å². The second kappa shape index (κ2) is 8.42. The van der Waals surface area contributed by atoms with E-state index >= 15 is 0 Å². The standard InChI is InChI=1S/C17H32N2O4/c1-14-12-19(16(20)13-18(2)8-11-22-3)7-6-17(14,21)15-4-9-23-10-5-15/h14-15,21H,4-13H2,1-3H3/t14-,17+/m1/s1. The lowest BCUT2D eigenvalue weighted by molar-refractivity contribution is -0.152. The van der Waals surface area contributed by atoms with Crippen molar-refractivity contribution in [2.75, 3.05) is 60.2 Å². The van der Waals surface area contributed by atoms with Gasteiger partial charge in [-0.3, -0.25) is 9.69 Å². The molecule has 0 unspecified atom stereocenters. The molecule has 2 saturated heterocycles. The maximum atomic E-state index is 12.4. The van der Waals surface area contributed by atoms with Gasteiger partial charge in [-0.2, -0.15) is 0 Å². The number of piperidine rings is 1. The molecule has 6 nitrogen and oxygen atoms in total. The van der Waals surface area contributed by atoms with E-state index < -0.39 is 5.60 Å². The van der Waals surface area contributed by atoms with Gasteiger partial charge in [0.05, 0.1) is 18.8 Å². The number of amides is 1. The van der Waals surface area contributed by atoms with Crippen LogP contribution in [0.4, 0.5) is 0 Å². The van der Waals surface area contributed by atoms with Crippen molar-refractivity contribution >= 4 is 5.91 Å². The highest BCUT2D eigenvalue weighted by molar-refractivity contribution is 5.78. The summed E-state index contributed by atoms with van der Waals surface area (Å²) in [6.45, 7) is 6.63.